The number of likely N-dealkylation sites (N-methyl/N-ethyl adjacent to an activating group) is 1. The van der Waals surface area contributed by atoms with Gasteiger partial charge in [0.15, 0.2) is 17.8 Å². The van der Waals surface area contributed by atoms with Crippen LogP contribution < -0.4 is 14.8 Å². The molecule has 2 aliphatic rings. The number of allylic oxidation sites excluding steroid dienone is 2. The fourth-order valence-corrected chi connectivity index (χ4v) is 3.58. The predicted molar refractivity (Wildman–Crippen MR) is 122 cm³/mol. The predicted octanol–water partition coefficient (Wildman–Crippen LogP) is 1.30. The normalized spacial score (nSPS) is 16.4. The van der Waals surface area contributed by atoms with Crippen molar-refractivity contribution in [1.29, 1.82) is 0 Å². The molecular weight excluding hydrogens is 444 g/mol. The fourth-order valence-electron chi connectivity index (χ4n) is 3.58. The Morgan fingerprint density at radius 2 is 1.85 bits per heavy atom. The number of carbonyl (C=O) groups is 2. The monoisotopic (exact) mass is 470 g/mol. The summed E-state index contributed by atoms with van der Waals surface area (Å²) in [6, 6.07) is 3.44. The molecule has 11 heteroatoms. The van der Waals surface area contributed by atoms with E-state index in [2.05, 4.69) is 15.3 Å². The number of aromatic nitrogens is 2. The van der Waals surface area contributed by atoms with E-state index in [9.17, 15) is 9.59 Å². The van der Waals surface area contributed by atoms with Crippen LogP contribution in [-0.2, 0) is 23.8 Å². The average molecular weight is 470 g/mol. The number of ketones is 2. The Balaban J connectivity index is 1.54. The molecule has 1 aromatic carbocycles. The first-order valence-corrected chi connectivity index (χ1v) is 10.7. The Labute approximate surface area is 196 Å². The molecule has 0 radical (unpaired) electrons. The van der Waals surface area contributed by atoms with Gasteiger partial charge < -0.3 is 33.9 Å². The Kier molecular flexibility index (Phi) is 7.36. The maximum Gasteiger partial charge on any atom is 0.204 e. The molecular formula is C23H26N4O7. The van der Waals surface area contributed by atoms with Gasteiger partial charge in [0, 0.05) is 37.8 Å². The minimum Gasteiger partial charge on any atom is -0.493 e. The molecule has 11 nitrogen and oxygen atoms in total. The van der Waals surface area contributed by atoms with Gasteiger partial charge in [-0.15, -0.1) is 0 Å². The molecule has 0 amide bonds. The van der Waals surface area contributed by atoms with Crippen molar-refractivity contribution in [2.75, 3.05) is 59.6 Å². The van der Waals surface area contributed by atoms with Gasteiger partial charge in [0.25, 0.3) is 0 Å². The van der Waals surface area contributed by atoms with Gasteiger partial charge in [-0.3, -0.25) is 9.59 Å². The molecule has 1 aromatic heterocycles. The minimum atomic E-state index is -0.428. The first-order chi connectivity index (χ1) is 16.5. The SMILES string of the molecule is COCCOc1cc2ncnc(NC3=CC(=O)C(N(C)CC4OCCO4)=CC3=O)c2cc1OC. The van der Waals surface area contributed by atoms with Crippen LogP contribution in [0.25, 0.3) is 10.9 Å². The van der Waals surface area contributed by atoms with Crippen molar-refractivity contribution in [3.63, 3.8) is 0 Å². The van der Waals surface area contributed by atoms with Gasteiger partial charge in [0.05, 0.1) is 50.4 Å². The smallest absolute Gasteiger partial charge is 0.204 e. The van der Waals surface area contributed by atoms with E-state index in [1.54, 1.807) is 31.2 Å². The van der Waals surface area contributed by atoms with Gasteiger partial charge >= 0.3 is 0 Å². The summed E-state index contributed by atoms with van der Waals surface area (Å²) in [4.78, 5) is 35.8. The van der Waals surface area contributed by atoms with E-state index in [-0.39, 0.29) is 23.0 Å². The van der Waals surface area contributed by atoms with Gasteiger partial charge in [-0.2, -0.15) is 0 Å². The Hall–Kier alpha value is -3.54. The lowest BCUT2D eigenvalue weighted by Crippen LogP contribution is -2.34. The largest absolute Gasteiger partial charge is 0.493 e. The lowest BCUT2D eigenvalue weighted by molar-refractivity contribution is -0.116. The molecule has 1 aliphatic carbocycles. The molecule has 0 bridgehead atoms. The summed E-state index contributed by atoms with van der Waals surface area (Å²) in [5, 5.41) is 3.57. The molecule has 4 rings (SSSR count). The zero-order valence-corrected chi connectivity index (χ0v) is 19.2. The van der Waals surface area contributed by atoms with Gasteiger partial charge in [0.2, 0.25) is 11.6 Å². The number of carbonyl (C=O) groups excluding carboxylic acids is 2. The quantitative estimate of drug-likeness (QED) is 0.399. The summed E-state index contributed by atoms with van der Waals surface area (Å²) >= 11 is 0. The number of hydrogen-bond donors (Lipinski definition) is 1. The van der Waals surface area contributed by atoms with Crippen molar-refractivity contribution in [2.45, 2.75) is 6.29 Å². The minimum absolute atomic E-state index is 0.106. The van der Waals surface area contributed by atoms with Crippen molar-refractivity contribution in [2.24, 2.45) is 0 Å². The van der Waals surface area contributed by atoms with E-state index < -0.39 is 6.29 Å². The number of nitrogens with zero attached hydrogens (tertiary/aromatic N) is 3. The second-order valence-corrected chi connectivity index (χ2v) is 7.58. The van der Waals surface area contributed by atoms with Crippen LogP contribution in [0.4, 0.5) is 5.82 Å². The van der Waals surface area contributed by atoms with Crippen molar-refractivity contribution >= 4 is 28.3 Å². The zero-order chi connectivity index (χ0) is 24.1. The molecule has 0 saturated carbocycles. The molecule has 2 aromatic rings. The number of ether oxygens (including phenoxy) is 5. The number of benzene rings is 1. The molecule has 0 atom stereocenters. The molecule has 2 heterocycles. The molecule has 1 saturated heterocycles. The molecule has 1 aliphatic heterocycles. The lowest BCUT2D eigenvalue weighted by atomic mass is 10.1. The van der Waals surface area contributed by atoms with Gasteiger partial charge in [0.1, 0.15) is 18.8 Å². The third-order valence-corrected chi connectivity index (χ3v) is 5.30. The van der Waals surface area contributed by atoms with Crippen LogP contribution in [0.2, 0.25) is 0 Å². The van der Waals surface area contributed by atoms with E-state index in [4.69, 9.17) is 23.7 Å². The Morgan fingerprint density at radius 1 is 1.06 bits per heavy atom. The highest BCUT2D eigenvalue weighted by atomic mass is 16.7. The third kappa shape index (κ3) is 5.16. The van der Waals surface area contributed by atoms with Crippen molar-refractivity contribution in [3.8, 4) is 11.5 Å². The summed E-state index contributed by atoms with van der Waals surface area (Å²) in [5.41, 5.74) is 0.949. The Bertz CT molecular complexity index is 1140. The van der Waals surface area contributed by atoms with Gasteiger partial charge in [-0.1, -0.05) is 0 Å². The molecule has 0 unspecified atom stereocenters. The molecule has 0 spiro atoms. The number of anilines is 1. The highest BCUT2D eigenvalue weighted by Gasteiger charge is 2.26. The lowest BCUT2D eigenvalue weighted by Gasteiger charge is -2.25. The van der Waals surface area contributed by atoms with E-state index in [1.807, 2.05) is 0 Å². The van der Waals surface area contributed by atoms with Crippen LogP contribution in [0, 0.1) is 0 Å². The summed E-state index contributed by atoms with van der Waals surface area (Å²) < 4.78 is 27.0. The number of fused-ring (bicyclic) bond motifs is 1. The number of rotatable bonds is 10. The topological polar surface area (TPSA) is 121 Å². The highest BCUT2D eigenvalue weighted by molar-refractivity contribution is 6.21. The first-order valence-electron chi connectivity index (χ1n) is 10.7. The maximum atomic E-state index is 12.8. The number of hydrogen-bond acceptors (Lipinski definition) is 11. The van der Waals surface area contributed by atoms with E-state index >= 15 is 0 Å². The summed E-state index contributed by atoms with van der Waals surface area (Å²) in [6.45, 7) is 2.13. The number of methoxy groups -OCH3 is 2. The van der Waals surface area contributed by atoms with Gasteiger partial charge in [-0.05, 0) is 6.07 Å². The molecule has 34 heavy (non-hydrogen) atoms. The summed E-state index contributed by atoms with van der Waals surface area (Å²) in [6.07, 6.45) is 3.49. The average Bonchev–Trinajstić information content (AvgIpc) is 3.34. The summed E-state index contributed by atoms with van der Waals surface area (Å²) in [7, 11) is 4.83. The maximum absolute atomic E-state index is 12.8. The van der Waals surface area contributed by atoms with Crippen LogP contribution in [0.3, 0.4) is 0 Å². The van der Waals surface area contributed by atoms with Crippen LogP contribution in [0.5, 0.6) is 11.5 Å². The second kappa shape index (κ2) is 10.6. The van der Waals surface area contributed by atoms with Crippen LogP contribution in [0.15, 0.2) is 42.0 Å². The molecule has 1 N–H and O–H groups in total. The number of nitrogens with one attached hydrogen (secondary N) is 1. The summed E-state index contributed by atoms with van der Waals surface area (Å²) in [5.74, 6) is 0.671. The van der Waals surface area contributed by atoms with Crippen LogP contribution in [0.1, 0.15) is 0 Å². The van der Waals surface area contributed by atoms with Crippen LogP contribution in [-0.4, -0.2) is 87.0 Å². The molecule has 180 valence electrons. The standard InChI is InChI=1S/C23H26N4O7/c1-27(12-22-33-6-7-34-22)17-11-18(28)16(9-19(17)29)26-23-14-8-20(31-3)21(32-5-4-30-2)10-15(14)24-13-25-23/h8-11,13,22H,4-7,12H2,1-3H3,(H,24,25,26). The van der Waals surface area contributed by atoms with E-state index in [1.165, 1.54) is 25.6 Å². The van der Waals surface area contributed by atoms with Crippen molar-refractivity contribution in [3.05, 3.63) is 42.0 Å². The Morgan fingerprint density at radius 3 is 2.59 bits per heavy atom. The third-order valence-electron chi connectivity index (χ3n) is 5.30. The fraction of sp³-hybridized carbons (Fsp3) is 0.391. The second-order valence-electron chi connectivity index (χ2n) is 7.58. The van der Waals surface area contributed by atoms with E-state index in [0.29, 0.717) is 61.2 Å². The van der Waals surface area contributed by atoms with E-state index in [0.717, 1.165) is 0 Å². The van der Waals surface area contributed by atoms with Crippen LogP contribution >= 0.6 is 0 Å². The zero-order valence-electron chi connectivity index (χ0n) is 19.2. The highest BCUT2D eigenvalue weighted by Crippen LogP contribution is 2.34. The first kappa shape index (κ1) is 23.6. The van der Waals surface area contributed by atoms with Crippen molar-refractivity contribution in [1.82, 2.24) is 14.9 Å². The molecule has 1 fully saturated rings. The van der Waals surface area contributed by atoms with Gasteiger partial charge in [-0.25, -0.2) is 9.97 Å². The van der Waals surface area contributed by atoms with Crippen molar-refractivity contribution < 1.29 is 33.3 Å².